The van der Waals surface area contributed by atoms with Gasteiger partial charge in [-0.05, 0) is 0 Å². The molecule has 1 saturated carbocycles. The van der Waals surface area contributed by atoms with Crippen molar-refractivity contribution >= 4 is 6.98 Å². The van der Waals surface area contributed by atoms with E-state index in [4.69, 9.17) is 0 Å². The van der Waals surface area contributed by atoms with Crippen molar-refractivity contribution in [3.63, 3.8) is 0 Å². The van der Waals surface area contributed by atoms with E-state index >= 15 is 0 Å². The molecule has 1 aliphatic carbocycles. The molecule has 0 N–H and O–H groups in total. The largest absolute Gasteiger partial charge is 1.00 e. The third kappa shape index (κ3) is 4.24. The third-order valence-corrected chi connectivity index (χ3v) is 2.98. The van der Waals surface area contributed by atoms with Crippen molar-refractivity contribution < 1.29 is 64.3 Å². The van der Waals surface area contributed by atoms with Crippen LogP contribution in [0.5, 0.6) is 0 Å². The van der Waals surface area contributed by atoms with Crippen LogP contribution in [0.4, 0.5) is 12.9 Å². The molecule has 1 unspecified atom stereocenters. The molecule has 5 heteroatoms. The quantitative estimate of drug-likeness (QED) is 0.601. The van der Waals surface area contributed by atoms with E-state index in [-0.39, 0.29) is 57.3 Å². The van der Waals surface area contributed by atoms with Gasteiger partial charge in [0.2, 0.25) is 0 Å². The van der Waals surface area contributed by atoms with Crippen molar-refractivity contribution in [2.24, 2.45) is 5.92 Å². The minimum absolute atomic E-state index is 0. The molecule has 13 heavy (non-hydrogen) atoms. The summed E-state index contributed by atoms with van der Waals surface area (Å²) in [6, 6.07) is 0. The molecule has 0 heterocycles. The van der Waals surface area contributed by atoms with Crippen LogP contribution < -0.4 is 51.4 Å². The van der Waals surface area contributed by atoms with Gasteiger partial charge in [0.1, 0.15) is 0 Å². The first-order valence-corrected chi connectivity index (χ1v) is 4.75. The Hall–Kier alpha value is 1.49. The summed E-state index contributed by atoms with van der Waals surface area (Å²) < 4.78 is 37.3. The minimum Gasteiger partial charge on any atom is -0.449 e. The molecule has 2 atom stereocenters. The van der Waals surface area contributed by atoms with Crippen LogP contribution >= 0.6 is 0 Å². The molecular formula is C8H15BF3K. The zero-order valence-corrected chi connectivity index (χ0v) is 11.5. The zero-order valence-electron chi connectivity index (χ0n) is 8.40. The van der Waals surface area contributed by atoms with Gasteiger partial charge in [-0.15, -0.1) is 0 Å². The van der Waals surface area contributed by atoms with E-state index in [0.29, 0.717) is 12.8 Å². The normalized spacial score (nSPS) is 29.5. The van der Waals surface area contributed by atoms with E-state index in [1.165, 1.54) is 0 Å². The van der Waals surface area contributed by atoms with Crippen LogP contribution in [0, 0.1) is 5.92 Å². The Morgan fingerprint density at radius 3 is 2.08 bits per heavy atom. The van der Waals surface area contributed by atoms with Gasteiger partial charge in [0.25, 0.3) is 0 Å². The van der Waals surface area contributed by atoms with Crippen LogP contribution in [0.15, 0.2) is 0 Å². The van der Waals surface area contributed by atoms with Crippen LogP contribution in [0.25, 0.3) is 0 Å². The van der Waals surface area contributed by atoms with Crippen molar-refractivity contribution in [3.8, 4) is 0 Å². The Kier molecular flexibility index (Phi) is 6.86. The second-order valence-electron chi connectivity index (χ2n) is 3.74. The summed E-state index contributed by atoms with van der Waals surface area (Å²) in [5.74, 6) is -1.04. The van der Waals surface area contributed by atoms with E-state index in [2.05, 4.69) is 0 Å². The number of hydrogen-bond acceptors (Lipinski definition) is 0. The Balaban J connectivity index is 0.00000144. The molecular weight excluding hydrogens is 203 g/mol. The Morgan fingerprint density at radius 2 is 1.69 bits per heavy atom. The predicted octanol–water partition coefficient (Wildman–Crippen LogP) is 0.808. The van der Waals surface area contributed by atoms with Crippen molar-refractivity contribution in [2.45, 2.75) is 44.8 Å². The maximum Gasteiger partial charge on any atom is 1.00 e. The first-order chi connectivity index (χ1) is 5.55. The second kappa shape index (κ2) is 6.16. The third-order valence-electron chi connectivity index (χ3n) is 2.98. The first kappa shape index (κ1) is 14.5. The molecule has 1 rings (SSSR count). The van der Waals surface area contributed by atoms with Gasteiger partial charge in [0.05, 0.1) is 0 Å². The molecule has 1 aliphatic rings. The van der Waals surface area contributed by atoms with Crippen molar-refractivity contribution in [1.82, 2.24) is 0 Å². The first-order valence-electron chi connectivity index (χ1n) is 4.75. The SMILES string of the molecule is CC[C@@H]1CCCCC1[B-](F)(F)F.[K+]. The maximum absolute atomic E-state index is 12.4. The van der Waals surface area contributed by atoms with Gasteiger partial charge in [-0.25, -0.2) is 0 Å². The van der Waals surface area contributed by atoms with Crippen molar-refractivity contribution in [1.29, 1.82) is 0 Å². The molecule has 0 aromatic carbocycles. The van der Waals surface area contributed by atoms with E-state index in [1.807, 2.05) is 6.92 Å². The van der Waals surface area contributed by atoms with Crippen LogP contribution in [0.2, 0.25) is 5.82 Å². The average molecular weight is 218 g/mol. The molecule has 0 aromatic heterocycles. The Bertz CT molecular complexity index is 149. The smallest absolute Gasteiger partial charge is 0.449 e. The predicted molar refractivity (Wildman–Crippen MR) is 45.1 cm³/mol. The number of halogens is 3. The molecule has 0 amide bonds. The molecule has 72 valence electrons. The monoisotopic (exact) mass is 218 g/mol. The average Bonchev–Trinajstić information content (AvgIpc) is 2.03. The number of rotatable bonds is 2. The maximum atomic E-state index is 12.4. The molecule has 0 aliphatic heterocycles. The van der Waals surface area contributed by atoms with Crippen molar-refractivity contribution in [3.05, 3.63) is 0 Å². The van der Waals surface area contributed by atoms with Gasteiger partial charge in [0.15, 0.2) is 0 Å². The van der Waals surface area contributed by atoms with E-state index in [0.717, 1.165) is 19.3 Å². The summed E-state index contributed by atoms with van der Waals surface area (Å²) in [6.07, 6.45) is 3.60. The second-order valence-corrected chi connectivity index (χ2v) is 3.74. The molecule has 1 fully saturated rings. The van der Waals surface area contributed by atoms with Gasteiger partial charge in [-0.1, -0.05) is 50.8 Å². The van der Waals surface area contributed by atoms with Gasteiger partial charge in [-0.3, -0.25) is 0 Å². The van der Waals surface area contributed by atoms with Crippen LogP contribution in [-0.4, -0.2) is 6.98 Å². The van der Waals surface area contributed by atoms with Gasteiger partial charge >= 0.3 is 58.4 Å². The van der Waals surface area contributed by atoms with Gasteiger partial charge < -0.3 is 12.9 Å². The summed E-state index contributed by atoms with van der Waals surface area (Å²) >= 11 is 0. The number of hydrogen-bond donors (Lipinski definition) is 0. The molecule has 0 radical (unpaired) electrons. The van der Waals surface area contributed by atoms with Crippen LogP contribution in [0.1, 0.15) is 39.0 Å². The Morgan fingerprint density at radius 1 is 1.15 bits per heavy atom. The fraction of sp³-hybridized carbons (Fsp3) is 1.00. The summed E-state index contributed by atoms with van der Waals surface area (Å²) in [7, 11) is 0. The summed E-state index contributed by atoms with van der Waals surface area (Å²) in [4.78, 5) is 0. The fourth-order valence-electron chi connectivity index (χ4n) is 2.24. The van der Waals surface area contributed by atoms with Crippen molar-refractivity contribution in [2.75, 3.05) is 0 Å². The molecule has 0 bridgehead atoms. The summed E-state index contributed by atoms with van der Waals surface area (Å²) in [5.41, 5.74) is 0. The van der Waals surface area contributed by atoms with Gasteiger partial charge in [0, 0.05) is 0 Å². The molecule has 0 aromatic rings. The van der Waals surface area contributed by atoms with E-state index < -0.39 is 12.8 Å². The van der Waals surface area contributed by atoms with E-state index in [1.54, 1.807) is 0 Å². The Labute approximate surface area is 121 Å². The summed E-state index contributed by atoms with van der Waals surface area (Å²) in [5, 5.41) is 0. The topological polar surface area (TPSA) is 0 Å². The fourth-order valence-corrected chi connectivity index (χ4v) is 2.24. The van der Waals surface area contributed by atoms with Crippen LogP contribution in [0.3, 0.4) is 0 Å². The summed E-state index contributed by atoms with van der Waals surface area (Å²) in [6.45, 7) is -2.71. The molecule has 0 spiro atoms. The minimum atomic E-state index is -4.58. The molecule has 0 nitrogen and oxygen atoms in total. The van der Waals surface area contributed by atoms with E-state index in [9.17, 15) is 12.9 Å². The molecule has 0 saturated heterocycles. The zero-order chi connectivity index (χ0) is 9.19. The van der Waals surface area contributed by atoms with Gasteiger partial charge in [-0.2, -0.15) is 0 Å². The standard InChI is InChI=1S/C8H15BF3.K/c1-2-7-5-3-4-6-8(7)9(10,11)12;/h7-8H,2-6H2,1H3;/q-1;+1/t7-,8?;/m1./s1. The van der Waals surface area contributed by atoms with Crippen LogP contribution in [-0.2, 0) is 0 Å².